The van der Waals surface area contributed by atoms with Crippen molar-refractivity contribution >= 4 is 11.4 Å². The molecule has 0 aromatic heterocycles. The summed E-state index contributed by atoms with van der Waals surface area (Å²) in [4.78, 5) is 2.82. The van der Waals surface area contributed by atoms with E-state index in [1.54, 1.807) is 11.1 Å². The second kappa shape index (κ2) is 11.9. The molecule has 48 heavy (non-hydrogen) atoms. The number of para-hydroxylation sites is 1. The molecule has 0 atom stereocenters. The molecule has 2 saturated carbocycles. The molecule has 0 spiro atoms. The minimum absolute atomic E-state index is 0.0476. The number of rotatable bonds is 5. The van der Waals surface area contributed by atoms with Gasteiger partial charge in [-0.3, -0.25) is 0 Å². The van der Waals surface area contributed by atoms with E-state index in [4.69, 9.17) is 0 Å². The summed E-state index contributed by atoms with van der Waals surface area (Å²) in [6.45, 7) is 22.1. The molecule has 0 saturated heterocycles. The minimum Gasteiger partial charge on any atom is -0.335 e. The number of benzene rings is 4. The first kappa shape index (κ1) is 33.2. The van der Waals surface area contributed by atoms with Gasteiger partial charge >= 0.3 is 0 Å². The number of hydrogen-bond donors (Lipinski definition) is 0. The molecule has 0 unspecified atom stereocenters. The maximum atomic E-state index is 2.82. The second-order valence-corrected chi connectivity index (χ2v) is 18.6. The van der Waals surface area contributed by atoms with Crippen molar-refractivity contribution in [2.45, 2.75) is 136 Å². The molecule has 1 nitrogen and oxygen atoms in total. The van der Waals surface area contributed by atoms with Crippen LogP contribution >= 0.6 is 0 Å². The molecule has 0 bridgehead atoms. The standard InChI is InChI=1S/C47H59N/c1-44(2,3)48(43-35(32-16-11-10-12-17-32)19-15-20-36(43)33-22-26-45(4,5)27-23-33)42-31-41-39(37-18-13-14-21-40(37)47(41,8)9)30-38(42)34-24-28-46(6,7)29-25-34/h10-21,30-31,33-34H,22-29H2,1-9H3. The highest BCUT2D eigenvalue weighted by molar-refractivity contribution is 5.90. The quantitative estimate of drug-likeness (QED) is 0.210. The average Bonchev–Trinajstić information content (AvgIpc) is 3.26. The van der Waals surface area contributed by atoms with Crippen molar-refractivity contribution in [3.63, 3.8) is 0 Å². The van der Waals surface area contributed by atoms with Gasteiger partial charge in [0.1, 0.15) is 0 Å². The maximum Gasteiger partial charge on any atom is 0.0530 e. The lowest BCUT2D eigenvalue weighted by atomic mass is 9.70. The molecule has 0 radical (unpaired) electrons. The van der Waals surface area contributed by atoms with Gasteiger partial charge in [0.2, 0.25) is 0 Å². The summed E-state index contributed by atoms with van der Waals surface area (Å²) in [5.41, 5.74) is 15.2. The van der Waals surface area contributed by atoms with Crippen LogP contribution in [0.25, 0.3) is 22.3 Å². The Kier molecular flexibility index (Phi) is 8.25. The lowest BCUT2D eigenvalue weighted by molar-refractivity contribution is 0.224. The molecule has 3 aliphatic carbocycles. The van der Waals surface area contributed by atoms with E-state index in [1.165, 1.54) is 96.1 Å². The van der Waals surface area contributed by atoms with Crippen molar-refractivity contribution < 1.29 is 0 Å². The van der Waals surface area contributed by atoms with Crippen LogP contribution in [0.5, 0.6) is 0 Å². The van der Waals surface area contributed by atoms with E-state index in [1.807, 2.05) is 0 Å². The van der Waals surface area contributed by atoms with Gasteiger partial charge < -0.3 is 4.90 Å². The normalized spacial score (nSPS) is 20.3. The van der Waals surface area contributed by atoms with Gasteiger partial charge in [-0.25, -0.2) is 0 Å². The van der Waals surface area contributed by atoms with Crippen LogP contribution in [0.4, 0.5) is 11.4 Å². The smallest absolute Gasteiger partial charge is 0.0530 e. The largest absolute Gasteiger partial charge is 0.335 e. The number of fused-ring (bicyclic) bond motifs is 3. The van der Waals surface area contributed by atoms with Crippen LogP contribution in [-0.2, 0) is 5.41 Å². The number of anilines is 2. The van der Waals surface area contributed by atoms with Gasteiger partial charge in [0.05, 0.1) is 5.69 Å². The minimum atomic E-state index is -0.139. The van der Waals surface area contributed by atoms with Crippen molar-refractivity contribution in [3.8, 4) is 22.3 Å². The molecule has 1 heteroatoms. The van der Waals surface area contributed by atoms with Crippen molar-refractivity contribution in [2.24, 2.45) is 10.8 Å². The van der Waals surface area contributed by atoms with E-state index < -0.39 is 0 Å². The van der Waals surface area contributed by atoms with Gasteiger partial charge in [0.25, 0.3) is 0 Å². The average molecular weight is 638 g/mol. The van der Waals surface area contributed by atoms with Crippen LogP contribution in [-0.4, -0.2) is 5.54 Å². The summed E-state index contributed by atoms with van der Waals surface area (Å²) in [5, 5.41) is 0. The molecule has 7 rings (SSSR count). The highest BCUT2D eigenvalue weighted by Crippen LogP contribution is 2.56. The van der Waals surface area contributed by atoms with Crippen molar-refractivity contribution in [2.75, 3.05) is 4.90 Å². The lowest BCUT2D eigenvalue weighted by Crippen LogP contribution is -2.40. The molecule has 3 aliphatic rings. The van der Waals surface area contributed by atoms with E-state index >= 15 is 0 Å². The second-order valence-electron chi connectivity index (χ2n) is 18.6. The molecule has 2 fully saturated rings. The topological polar surface area (TPSA) is 3.24 Å². The molecule has 4 aromatic rings. The summed E-state index contributed by atoms with van der Waals surface area (Å²) in [6.07, 6.45) is 10.2. The van der Waals surface area contributed by atoms with Gasteiger partial charge in [-0.15, -0.1) is 0 Å². The first-order chi connectivity index (χ1) is 22.7. The van der Waals surface area contributed by atoms with Crippen molar-refractivity contribution in [1.29, 1.82) is 0 Å². The highest BCUT2D eigenvalue weighted by atomic mass is 15.2. The fourth-order valence-electron chi connectivity index (χ4n) is 9.50. The third kappa shape index (κ3) is 5.94. The van der Waals surface area contributed by atoms with Gasteiger partial charge in [-0.05, 0) is 146 Å². The Bertz CT molecular complexity index is 1780. The van der Waals surface area contributed by atoms with Crippen molar-refractivity contribution in [3.05, 3.63) is 107 Å². The number of hydrogen-bond acceptors (Lipinski definition) is 1. The van der Waals surface area contributed by atoms with Gasteiger partial charge in [0, 0.05) is 22.2 Å². The predicted molar refractivity (Wildman–Crippen MR) is 208 cm³/mol. The first-order valence-electron chi connectivity index (χ1n) is 18.9. The first-order valence-corrected chi connectivity index (χ1v) is 18.9. The molecule has 0 N–H and O–H groups in total. The monoisotopic (exact) mass is 637 g/mol. The number of nitrogens with zero attached hydrogens (tertiary/aromatic N) is 1. The van der Waals surface area contributed by atoms with Crippen LogP contribution < -0.4 is 4.90 Å². The predicted octanol–water partition coefficient (Wildman–Crippen LogP) is 14.0. The molecule has 252 valence electrons. The van der Waals surface area contributed by atoms with E-state index in [0.29, 0.717) is 22.7 Å². The Balaban J connectivity index is 1.50. The van der Waals surface area contributed by atoms with Gasteiger partial charge in [0.15, 0.2) is 0 Å². The Morgan fingerprint density at radius 2 is 1.08 bits per heavy atom. The third-order valence-electron chi connectivity index (χ3n) is 12.6. The summed E-state index contributed by atoms with van der Waals surface area (Å²) in [7, 11) is 0. The third-order valence-corrected chi connectivity index (χ3v) is 12.6. The van der Waals surface area contributed by atoms with Crippen LogP contribution in [0.2, 0.25) is 0 Å². The van der Waals surface area contributed by atoms with Crippen LogP contribution in [0, 0.1) is 10.8 Å². The van der Waals surface area contributed by atoms with Crippen molar-refractivity contribution in [1.82, 2.24) is 0 Å². The van der Waals surface area contributed by atoms with E-state index in [0.717, 1.165) is 0 Å². The summed E-state index contributed by atoms with van der Waals surface area (Å²) in [5.74, 6) is 1.12. The van der Waals surface area contributed by atoms with Gasteiger partial charge in [-0.2, -0.15) is 0 Å². The lowest BCUT2D eigenvalue weighted by Gasteiger charge is -2.45. The maximum absolute atomic E-state index is 2.82. The Labute approximate surface area is 292 Å². The highest BCUT2D eigenvalue weighted by Gasteiger charge is 2.41. The summed E-state index contributed by atoms with van der Waals surface area (Å²) >= 11 is 0. The Hall–Kier alpha value is -3.32. The Morgan fingerprint density at radius 3 is 1.69 bits per heavy atom. The van der Waals surface area contributed by atoms with Crippen LogP contribution in [0.3, 0.4) is 0 Å². The molecular weight excluding hydrogens is 579 g/mol. The molecule has 0 amide bonds. The zero-order chi connectivity index (χ0) is 34.1. The molecule has 0 heterocycles. The fourth-order valence-corrected chi connectivity index (χ4v) is 9.50. The molecular formula is C47H59N. The van der Waals surface area contributed by atoms with E-state index in [9.17, 15) is 0 Å². The fraction of sp³-hybridized carbons (Fsp3) is 0.489. The summed E-state index contributed by atoms with van der Waals surface area (Å²) < 4.78 is 0. The SMILES string of the molecule is CC1(C)CCC(c2cc3c(cc2N(c2c(-c4ccccc4)cccc2C2CCC(C)(C)CC2)C(C)(C)C)C(C)(C)c2ccccc2-3)CC1. The van der Waals surface area contributed by atoms with E-state index in [-0.39, 0.29) is 11.0 Å². The van der Waals surface area contributed by atoms with Crippen LogP contribution in [0.1, 0.15) is 148 Å². The van der Waals surface area contributed by atoms with Gasteiger partial charge in [-0.1, -0.05) is 114 Å². The summed E-state index contributed by atoms with van der Waals surface area (Å²) in [6, 6.07) is 32.9. The Morgan fingerprint density at radius 1 is 0.542 bits per heavy atom. The molecule has 0 aliphatic heterocycles. The van der Waals surface area contributed by atoms with Crippen LogP contribution in [0.15, 0.2) is 84.9 Å². The van der Waals surface area contributed by atoms with E-state index in [2.05, 4.69) is 152 Å². The zero-order valence-electron chi connectivity index (χ0n) is 31.3. The molecule has 4 aromatic carbocycles. The zero-order valence-corrected chi connectivity index (χ0v) is 31.3.